The molecule has 1 aromatic heterocycles. The first-order valence-electron chi connectivity index (χ1n) is 5.89. The lowest BCUT2D eigenvalue weighted by Gasteiger charge is -2.25. The third-order valence-electron chi connectivity index (χ3n) is 3.20. The summed E-state index contributed by atoms with van der Waals surface area (Å²) in [4.78, 5) is 0.246. The van der Waals surface area contributed by atoms with Gasteiger partial charge in [-0.3, -0.25) is 0 Å². The molecule has 0 bridgehead atoms. The molecular weight excluding hydrogens is 240 g/mol. The average Bonchev–Trinajstić information content (AvgIpc) is 2.67. The van der Waals surface area contributed by atoms with E-state index in [1.54, 1.807) is 10.8 Å². The van der Waals surface area contributed by atoms with E-state index in [0.29, 0.717) is 12.2 Å². The molecule has 2 rings (SSSR count). The Morgan fingerprint density at radius 3 is 2.65 bits per heavy atom. The summed E-state index contributed by atoms with van der Waals surface area (Å²) in [6.45, 7) is 2.41. The highest BCUT2D eigenvalue weighted by Crippen LogP contribution is 2.22. The zero-order valence-corrected chi connectivity index (χ0v) is 10.7. The molecule has 1 fully saturated rings. The van der Waals surface area contributed by atoms with Crippen LogP contribution in [-0.2, 0) is 23.2 Å². The van der Waals surface area contributed by atoms with Gasteiger partial charge in [0.25, 0.3) is 0 Å². The fourth-order valence-corrected chi connectivity index (χ4v) is 3.28. The summed E-state index contributed by atoms with van der Waals surface area (Å²) < 4.78 is 28.5. The highest BCUT2D eigenvalue weighted by atomic mass is 32.2. The average molecular weight is 258 g/mol. The summed E-state index contributed by atoms with van der Waals surface area (Å²) in [5, 5.41) is 9.13. The molecular formula is C11H18N2O3S. The Kier molecular flexibility index (Phi) is 3.56. The number of nitrogens with one attached hydrogen (secondary N) is 1. The number of nitrogens with zero attached hydrogens (tertiary/aromatic N) is 1. The Hall–Kier alpha value is -0.850. The first-order valence-corrected chi connectivity index (χ1v) is 7.37. The van der Waals surface area contributed by atoms with Crippen molar-refractivity contribution < 1.29 is 13.5 Å². The number of hydrogen-bond acceptors (Lipinski definition) is 3. The molecule has 1 aliphatic rings. The zero-order valence-electron chi connectivity index (χ0n) is 9.89. The van der Waals surface area contributed by atoms with Gasteiger partial charge < -0.3 is 9.67 Å². The van der Waals surface area contributed by atoms with Crippen LogP contribution in [-0.4, -0.2) is 24.1 Å². The molecule has 0 atom stereocenters. The van der Waals surface area contributed by atoms with E-state index in [1.165, 1.54) is 6.07 Å². The summed E-state index contributed by atoms with van der Waals surface area (Å²) in [5.41, 5.74) is 0.626. The summed E-state index contributed by atoms with van der Waals surface area (Å²) in [7, 11) is -3.42. The van der Waals surface area contributed by atoms with Gasteiger partial charge in [-0.25, -0.2) is 13.1 Å². The topological polar surface area (TPSA) is 71.3 Å². The second-order valence-corrected chi connectivity index (χ2v) is 6.07. The molecule has 5 nitrogen and oxygen atoms in total. The van der Waals surface area contributed by atoms with Crippen molar-refractivity contribution in [2.24, 2.45) is 0 Å². The summed E-state index contributed by atoms with van der Waals surface area (Å²) in [6, 6.07) is 1.62. The van der Waals surface area contributed by atoms with Crippen molar-refractivity contribution >= 4 is 10.0 Å². The molecule has 2 N–H and O–H groups in total. The summed E-state index contributed by atoms with van der Waals surface area (Å²) in [6.07, 6.45) is 4.50. The van der Waals surface area contributed by atoms with Crippen molar-refractivity contribution in [1.82, 2.24) is 9.29 Å². The number of aryl methyl sites for hydroxylation is 1. The third kappa shape index (κ3) is 2.53. The molecule has 0 aliphatic heterocycles. The van der Waals surface area contributed by atoms with Gasteiger partial charge in [0, 0.05) is 24.5 Å². The highest BCUT2D eigenvalue weighted by Gasteiger charge is 2.25. The number of aliphatic hydroxyl groups is 1. The van der Waals surface area contributed by atoms with Crippen molar-refractivity contribution in [3.05, 3.63) is 18.0 Å². The quantitative estimate of drug-likeness (QED) is 0.822. The molecule has 6 heteroatoms. The van der Waals surface area contributed by atoms with Crippen molar-refractivity contribution in [3.63, 3.8) is 0 Å². The van der Waals surface area contributed by atoms with Crippen LogP contribution in [0.5, 0.6) is 0 Å². The van der Waals surface area contributed by atoms with E-state index in [-0.39, 0.29) is 17.5 Å². The molecule has 17 heavy (non-hydrogen) atoms. The Bertz CT molecular complexity index is 467. The molecule has 0 radical (unpaired) electrons. The lowest BCUT2D eigenvalue weighted by atomic mass is 9.94. The van der Waals surface area contributed by atoms with Crippen LogP contribution < -0.4 is 4.72 Å². The molecule has 0 amide bonds. The molecule has 1 heterocycles. The van der Waals surface area contributed by atoms with Gasteiger partial charge in [-0.2, -0.15) is 0 Å². The highest BCUT2D eigenvalue weighted by molar-refractivity contribution is 7.89. The van der Waals surface area contributed by atoms with Gasteiger partial charge in [0.2, 0.25) is 10.0 Å². The van der Waals surface area contributed by atoms with E-state index < -0.39 is 10.0 Å². The maximum atomic E-state index is 12.0. The van der Waals surface area contributed by atoms with E-state index in [2.05, 4.69) is 4.72 Å². The Labute approximate surface area is 102 Å². The van der Waals surface area contributed by atoms with Crippen LogP contribution in [0.15, 0.2) is 17.2 Å². The molecule has 96 valence electrons. The molecule has 1 aliphatic carbocycles. The fraction of sp³-hybridized carbons (Fsp3) is 0.636. The van der Waals surface area contributed by atoms with Gasteiger partial charge >= 0.3 is 0 Å². The van der Waals surface area contributed by atoms with Gasteiger partial charge in [-0.15, -0.1) is 0 Å². The molecule has 1 aromatic rings. The van der Waals surface area contributed by atoms with E-state index in [1.807, 2.05) is 6.92 Å². The number of aromatic nitrogens is 1. The Morgan fingerprint density at radius 2 is 2.24 bits per heavy atom. The van der Waals surface area contributed by atoms with Gasteiger partial charge in [-0.1, -0.05) is 6.42 Å². The number of hydrogen-bond donors (Lipinski definition) is 2. The first kappa shape index (κ1) is 12.6. The van der Waals surface area contributed by atoms with Crippen molar-refractivity contribution in [3.8, 4) is 0 Å². The van der Waals surface area contributed by atoms with Crippen LogP contribution in [0.4, 0.5) is 0 Å². The molecule has 1 saturated carbocycles. The Morgan fingerprint density at radius 1 is 1.53 bits per heavy atom. The van der Waals surface area contributed by atoms with Crippen molar-refractivity contribution in [1.29, 1.82) is 0 Å². The fourth-order valence-electron chi connectivity index (χ4n) is 1.91. The Balaban J connectivity index is 2.22. The maximum absolute atomic E-state index is 12.0. The van der Waals surface area contributed by atoms with Gasteiger partial charge in [0.1, 0.15) is 0 Å². The lowest BCUT2D eigenvalue weighted by Crippen LogP contribution is -2.39. The second-order valence-electron chi connectivity index (χ2n) is 4.36. The van der Waals surface area contributed by atoms with Gasteiger partial charge in [-0.05, 0) is 25.8 Å². The summed E-state index contributed by atoms with van der Waals surface area (Å²) >= 11 is 0. The van der Waals surface area contributed by atoms with E-state index in [9.17, 15) is 8.42 Å². The van der Waals surface area contributed by atoms with Crippen LogP contribution in [0.1, 0.15) is 31.9 Å². The van der Waals surface area contributed by atoms with Crippen LogP contribution in [0.3, 0.4) is 0 Å². The predicted molar refractivity (Wildman–Crippen MR) is 64.0 cm³/mol. The predicted octanol–water partition coefficient (Wildman–Crippen LogP) is 0.831. The van der Waals surface area contributed by atoms with E-state index in [4.69, 9.17) is 5.11 Å². The zero-order chi connectivity index (χ0) is 12.5. The number of rotatable bonds is 5. The first-order chi connectivity index (χ1) is 8.06. The second kappa shape index (κ2) is 4.80. The van der Waals surface area contributed by atoms with E-state index >= 15 is 0 Å². The van der Waals surface area contributed by atoms with Crippen LogP contribution in [0.25, 0.3) is 0 Å². The minimum absolute atomic E-state index is 0.0857. The molecule has 0 saturated heterocycles. The van der Waals surface area contributed by atoms with Crippen molar-refractivity contribution in [2.45, 2.75) is 50.3 Å². The smallest absolute Gasteiger partial charge is 0.242 e. The largest absolute Gasteiger partial charge is 0.390 e. The molecule has 0 aromatic carbocycles. The maximum Gasteiger partial charge on any atom is 0.242 e. The number of sulfonamides is 1. The van der Waals surface area contributed by atoms with Crippen LogP contribution >= 0.6 is 0 Å². The third-order valence-corrected chi connectivity index (χ3v) is 4.69. The SMILES string of the molecule is CCn1cc(S(=O)(=O)NC2CCC2)cc1CO. The molecule has 0 spiro atoms. The van der Waals surface area contributed by atoms with E-state index in [0.717, 1.165) is 19.3 Å². The normalized spacial score (nSPS) is 17.1. The van der Waals surface area contributed by atoms with Gasteiger partial charge in [0.05, 0.1) is 11.5 Å². The minimum atomic E-state index is -3.42. The van der Waals surface area contributed by atoms with Crippen LogP contribution in [0.2, 0.25) is 0 Å². The van der Waals surface area contributed by atoms with Crippen LogP contribution in [0, 0.1) is 0 Å². The molecule has 0 unspecified atom stereocenters. The number of aliphatic hydroxyl groups excluding tert-OH is 1. The minimum Gasteiger partial charge on any atom is -0.390 e. The van der Waals surface area contributed by atoms with Crippen molar-refractivity contribution in [2.75, 3.05) is 0 Å². The standard InChI is InChI=1S/C11H18N2O3S/c1-2-13-7-11(6-10(13)8-14)17(15,16)12-9-4-3-5-9/h6-7,9,12,14H,2-5,8H2,1H3. The van der Waals surface area contributed by atoms with Gasteiger partial charge in [0.15, 0.2) is 0 Å². The summed E-state index contributed by atoms with van der Waals surface area (Å²) in [5.74, 6) is 0. The lowest BCUT2D eigenvalue weighted by molar-refractivity contribution is 0.271. The monoisotopic (exact) mass is 258 g/mol.